The number of hydrogen-bond acceptors (Lipinski definition) is 1. The van der Waals surface area contributed by atoms with Crippen LogP contribution in [0.1, 0.15) is 27.1 Å². The van der Waals surface area contributed by atoms with Crippen molar-refractivity contribution in [2.24, 2.45) is 0 Å². The fourth-order valence-corrected chi connectivity index (χ4v) is 3.58. The number of hydrogen-bond donors (Lipinski definition) is 1. The minimum atomic E-state index is 0.0246. The van der Waals surface area contributed by atoms with E-state index in [9.17, 15) is 4.79 Å². The highest BCUT2D eigenvalue weighted by molar-refractivity contribution is 9.09. The highest BCUT2D eigenvalue weighted by Gasteiger charge is 2.20. The van der Waals surface area contributed by atoms with Gasteiger partial charge in [0.2, 0.25) is 5.91 Å². The van der Waals surface area contributed by atoms with Crippen LogP contribution in [0.5, 0.6) is 0 Å². The summed E-state index contributed by atoms with van der Waals surface area (Å²) >= 11 is 10.0. The van der Waals surface area contributed by atoms with Gasteiger partial charge in [-0.15, -0.1) is 0 Å². The SMILES string of the molecule is Cc1ccc(C(Br)c2ccc3c(c2)CC(=O)N3)c(Cl)c1. The molecule has 2 nitrogen and oxygen atoms in total. The van der Waals surface area contributed by atoms with Crippen molar-refractivity contribution in [2.75, 3.05) is 5.32 Å². The lowest BCUT2D eigenvalue weighted by Crippen LogP contribution is -2.03. The highest BCUT2D eigenvalue weighted by atomic mass is 79.9. The van der Waals surface area contributed by atoms with E-state index in [1.54, 1.807) is 0 Å². The summed E-state index contributed by atoms with van der Waals surface area (Å²) in [5.41, 5.74) is 5.23. The van der Waals surface area contributed by atoms with E-state index in [1.807, 2.05) is 37.3 Å². The minimum Gasteiger partial charge on any atom is -0.326 e. The summed E-state index contributed by atoms with van der Waals surface area (Å²) in [6.07, 6.45) is 0.449. The number of fused-ring (bicyclic) bond motifs is 1. The maximum absolute atomic E-state index is 11.4. The van der Waals surface area contributed by atoms with E-state index < -0.39 is 0 Å². The highest BCUT2D eigenvalue weighted by Crippen LogP contribution is 2.37. The molecule has 0 saturated carbocycles. The second-order valence-electron chi connectivity index (χ2n) is 5.03. The van der Waals surface area contributed by atoms with Gasteiger partial charge in [0.15, 0.2) is 0 Å². The number of carbonyl (C=O) groups excluding carboxylic acids is 1. The smallest absolute Gasteiger partial charge is 0.228 e. The fraction of sp³-hybridized carbons (Fsp3) is 0.188. The van der Waals surface area contributed by atoms with E-state index in [0.717, 1.165) is 33.0 Å². The van der Waals surface area contributed by atoms with Crippen molar-refractivity contribution in [2.45, 2.75) is 18.2 Å². The Kier molecular flexibility index (Phi) is 3.57. The molecule has 4 heteroatoms. The molecule has 2 aromatic rings. The summed E-state index contributed by atoms with van der Waals surface area (Å²) in [6.45, 7) is 2.02. The van der Waals surface area contributed by atoms with Crippen molar-refractivity contribution in [3.8, 4) is 0 Å². The zero-order valence-corrected chi connectivity index (χ0v) is 13.3. The summed E-state index contributed by atoms with van der Waals surface area (Å²) < 4.78 is 0. The topological polar surface area (TPSA) is 29.1 Å². The molecule has 20 heavy (non-hydrogen) atoms. The number of halogens is 2. The Hall–Kier alpha value is -1.32. The van der Waals surface area contributed by atoms with E-state index in [4.69, 9.17) is 11.6 Å². The standard InChI is InChI=1S/C16H13BrClNO/c1-9-2-4-12(13(18)6-9)16(17)10-3-5-14-11(7-10)8-15(20)19-14/h2-7,16H,8H2,1H3,(H,19,20). The molecular weight excluding hydrogens is 338 g/mol. The normalized spacial score (nSPS) is 14.8. The van der Waals surface area contributed by atoms with Crippen molar-refractivity contribution < 1.29 is 4.79 Å². The molecule has 0 saturated heterocycles. The van der Waals surface area contributed by atoms with Gasteiger partial charge in [-0.3, -0.25) is 4.79 Å². The van der Waals surface area contributed by atoms with E-state index in [-0.39, 0.29) is 10.7 Å². The summed E-state index contributed by atoms with van der Waals surface area (Å²) in [6, 6.07) is 12.1. The summed E-state index contributed by atoms with van der Waals surface area (Å²) in [4.78, 5) is 11.4. The predicted molar refractivity (Wildman–Crippen MR) is 85.7 cm³/mol. The second-order valence-corrected chi connectivity index (χ2v) is 6.35. The maximum Gasteiger partial charge on any atom is 0.228 e. The number of benzene rings is 2. The summed E-state index contributed by atoms with van der Waals surface area (Å²) in [5, 5.41) is 3.59. The van der Waals surface area contributed by atoms with Crippen LogP contribution in [0, 0.1) is 6.92 Å². The third-order valence-corrected chi connectivity index (χ3v) is 4.83. The van der Waals surface area contributed by atoms with Gasteiger partial charge in [-0.05, 0) is 41.3 Å². The molecule has 0 aromatic heterocycles. The van der Waals surface area contributed by atoms with Gasteiger partial charge in [0.25, 0.3) is 0 Å². The Morgan fingerprint density at radius 3 is 2.80 bits per heavy atom. The molecule has 1 unspecified atom stereocenters. The Balaban J connectivity index is 1.97. The van der Waals surface area contributed by atoms with Crippen molar-refractivity contribution in [3.05, 3.63) is 63.7 Å². The molecule has 2 aromatic carbocycles. The van der Waals surface area contributed by atoms with Crippen molar-refractivity contribution in [1.82, 2.24) is 0 Å². The molecule has 0 spiro atoms. The third-order valence-electron chi connectivity index (χ3n) is 3.48. The van der Waals surface area contributed by atoms with Gasteiger partial charge in [-0.2, -0.15) is 0 Å². The Labute approximate surface area is 131 Å². The molecule has 0 fully saturated rings. The van der Waals surface area contributed by atoms with Gasteiger partial charge < -0.3 is 5.32 Å². The Morgan fingerprint density at radius 2 is 2.05 bits per heavy atom. The molecular formula is C16H13BrClNO. The van der Waals surface area contributed by atoms with Crippen molar-refractivity contribution in [3.63, 3.8) is 0 Å². The first kappa shape index (κ1) is 13.7. The van der Waals surface area contributed by atoms with Crippen LogP contribution in [0.25, 0.3) is 0 Å². The maximum atomic E-state index is 11.4. The average Bonchev–Trinajstić information content (AvgIpc) is 2.77. The summed E-state index contributed by atoms with van der Waals surface area (Å²) in [7, 11) is 0. The lowest BCUT2D eigenvalue weighted by molar-refractivity contribution is -0.115. The number of carbonyl (C=O) groups is 1. The van der Waals surface area contributed by atoms with Crippen LogP contribution in [-0.2, 0) is 11.2 Å². The van der Waals surface area contributed by atoms with Crippen molar-refractivity contribution in [1.29, 1.82) is 0 Å². The zero-order chi connectivity index (χ0) is 14.3. The molecule has 3 rings (SSSR count). The first-order valence-electron chi connectivity index (χ1n) is 6.37. The van der Waals surface area contributed by atoms with Gasteiger partial charge in [0.1, 0.15) is 0 Å². The van der Waals surface area contributed by atoms with E-state index >= 15 is 0 Å². The first-order chi connectivity index (χ1) is 9.54. The van der Waals surface area contributed by atoms with Gasteiger partial charge in [-0.1, -0.05) is 51.8 Å². The molecule has 0 aliphatic carbocycles. The number of alkyl halides is 1. The van der Waals surface area contributed by atoms with E-state index in [1.165, 1.54) is 0 Å². The number of aryl methyl sites for hydroxylation is 1. The predicted octanol–water partition coefficient (Wildman–Crippen LogP) is 4.63. The Bertz CT molecular complexity index is 699. The van der Waals surface area contributed by atoms with E-state index in [0.29, 0.717) is 6.42 Å². The molecule has 1 atom stereocenters. The van der Waals surface area contributed by atoms with Gasteiger partial charge in [0.05, 0.1) is 11.2 Å². The molecule has 0 bridgehead atoms. The van der Waals surface area contributed by atoms with Crippen LogP contribution in [-0.4, -0.2) is 5.91 Å². The molecule has 1 aliphatic heterocycles. The van der Waals surface area contributed by atoms with Crippen LogP contribution in [0.15, 0.2) is 36.4 Å². The molecule has 1 heterocycles. The first-order valence-corrected chi connectivity index (χ1v) is 7.67. The van der Waals surface area contributed by atoms with Crippen LogP contribution in [0.2, 0.25) is 5.02 Å². The van der Waals surface area contributed by atoms with Crippen LogP contribution in [0.3, 0.4) is 0 Å². The van der Waals surface area contributed by atoms with Crippen LogP contribution in [0.4, 0.5) is 5.69 Å². The third kappa shape index (κ3) is 2.48. The number of nitrogens with one attached hydrogen (secondary N) is 1. The van der Waals surface area contributed by atoms with Gasteiger partial charge in [-0.25, -0.2) is 0 Å². The molecule has 1 N–H and O–H groups in total. The lowest BCUT2D eigenvalue weighted by atomic mass is 10.0. The molecule has 1 amide bonds. The van der Waals surface area contributed by atoms with Crippen molar-refractivity contribution >= 4 is 39.1 Å². The minimum absolute atomic E-state index is 0.0246. The largest absolute Gasteiger partial charge is 0.326 e. The zero-order valence-electron chi connectivity index (χ0n) is 10.9. The Morgan fingerprint density at radius 1 is 1.25 bits per heavy atom. The number of rotatable bonds is 2. The van der Waals surface area contributed by atoms with Gasteiger partial charge >= 0.3 is 0 Å². The fourth-order valence-electron chi connectivity index (χ4n) is 2.42. The molecule has 1 aliphatic rings. The quantitative estimate of drug-likeness (QED) is 0.786. The molecule has 102 valence electrons. The van der Waals surface area contributed by atoms with Crippen LogP contribution < -0.4 is 5.32 Å². The van der Waals surface area contributed by atoms with Gasteiger partial charge in [0, 0.05) is 10.7 Å². The number of amides is 1. The second kappa shape index (κ2) is 5.23. The van der Waals surface area contributed by atoms with E-state index in [2.05, 4.69) is 27.3 Å². The summed E-state index contributed by atoms with van der Waals surface area (Å²) in [5.74, 6) is 0.0524. The van der Waals surface area contributed by atoms with Crippen LogP contribution >= 0.6 is 27.5 Å². The molecule has 0 radical (unpaired) electrons. The number of anilines is 1. The lowest BCUT2D eigenvalue weighted by Gasteiger charge is -2.14. The average molecular weight is 351 g/mol. The monoisotopic (exact) mass is 349 g/mol.